The molecule has 0 bridgehead atoms. The number of piperidine rings is 1. The van der Waals surface area contributed by atoms with E-state index < -0.39 is 5.97 Å². The Hall–Kier alpha value is -4.06. The Morgan fingerprint density at radius 2 is 1.93 bits per heavy atom. The van der Waals surface area contributed by atoms with Crippen LogP contribution >= 0.6 is 22.9 Å². The van der Waals surface area contributed by atoms with Crippen LogP contribution in [0.25, 0.3) is 21.3 Å². The Balaban J connectivity index is 1.08. The van der Waals surface area contributed by atoms with Crippen LogP contribution in [0.2, 0.25) is 5.02 Å². The topological polar surface area (TPSA) is 115 Å². The molecule has 4 aromatic heterocycles. The van der Waals surface area contributed by atoms with E-state index in [9.17, 15) is 14.7 Å². The van der Waals surface area contributed by atoms with Gasteiger partial charge in [-0.2, -0.15) is 5.10 Å². The van der Waals surface area contributed by atoms with Crippen molar-refractivity contribution in [3.63, 3.8) is 0 Å². The summed E-state index contributed by atoms with van der Waals surface area (Å²) in [6, 6.07) is 10.1. The smallest absolute Gasteiger partial charge is 0.338 e. The highest BCUT2D eigenvalue weighted by molar-refractivity contribution is 7.18. The Bertz CT molecular complexity index is 1980. The van der Waals surface area contributed by atoms with Crippen molar-refractivity contribution in [1.29, 1.82) is 0 Å². The highest BCUT2D eigenvalue weighted by Crippen LogP contribution is 2.40. The molecule has 1 aromatic carbocycles. The predicted octanol–water partition coefficient (Wildman–Crippen LogP) is 5.96. The number of thiophene rings is 1. The molecule has 7 rings (SSSR count). The van der Waals surface area contributed by atoms with E-state index in [0.717, 1.165) is 65.9 Å². The molecule has 0 radical (unpaired) electrons. The molecule has 10 nitrogen and oxygen atoms in total. The molecule has 1 aliphatic heterocycles. The largest absolute Gasteiger partial charge is 0.491 e. The average Bonchev–Trinajstić information content (AvgIpc) is 3.74. The summed E-state index contributed by atoms with van der Waals surface area (Å²) in [6.07, 6.45) is 8.54. The number of carboxylic acids is 1. The van der Waals surface area contributed by atoms with Gasteiger partial charge in [0.2, 0.25) is 0 Å². The summed E-state index contributed by atoms with van der Waals surface area (Å²) < 4.78 is 10.9. The Morgan fingerprint density at radius 1 is 1.11 bits per heavy atom. The van der Waals surface area contributed by atoms with Gasteiger partial charge >= 0.3 is 5.97 Å². The lowest BCUT2D eigenvalue weighted by molar-refractivity contribution is 0.0699. The summed E-state index contributed by atoms with van der Waals surface area (Å²) in [4.78, 5) is 37.6. The molecule has 46 heavy (non-hydrogen) atoms. The summed E-state index contributed by atoms with van der Waals surface area (Å²) in [6.45, 7) is 6.32. The summed E-state index contributed by atoms with van der Waals surface area (Å²) in [5.41, 5.74) is 4.63. The van der Waals surface area contributed by atoms with Crippen LogP contribution in [0, 0.1) is 13.8 Å². The minimum absolute atomic E-state index is 0.0183. The van der Waals surface area contributed by atoms with E-state index in [1.165, 1.54) is 11.3 Å². The highest BCUT2D eigenvalue weighted by Gasteiger charge is 2.31. The summed E-state index contributed by atoms with van der Waals surface area (Å²) >= 11 is 7.76. The van der Waals surface area contributed by atoms with E-state index in [0.29, 0.717) is 52.9 Å². The number of halogens is 1. The maximum atomic E-state index is 13.9. The number of pyridine rings is 1. The highest BCUT2D eigenvalue weighted by atomic mass is 35.5. The molecule has 1 atom stereocenters. The van der Waals surface area contributed by atoms with E-state index in [1.54, 1.807) is 16.0 Å². The molecule has 1 N–H and O–H groups in total. The number of fused-ring (bicyclic) bond motifs is 2. The number of nitrogens with zero attached hydrogens (tertiary/aromatic N) is 6. The first-order valence-electron chi connectivity index (χ1n) is 15.6. The van der Waals surface area contributed by atoms with Gasteiger partial charge < -0.3 is 9.84 Å². The quantitative estimate of drug-likeness (QED) is 0.217. The van der Waals surface area contributed by atoms with Crippen LogP contribution in [-0.4, -0.2) is 66.0 Å². The summed E-state index contributed by atoms with van der Waals surface area (Å²) in [5, 5.41) is 16.3. The van der Waals surface area contributed by atoms with Crippen molar-refractivity contribution in [1.82, 2.24) is 29.2 Å². The third-order valence-electron chi connectivity index (χ3n) is 9.29. The third-order valence-corrected chi connectivity index (χ3v) is 10.5. The van der Waals surface area contributed by atoms with E-state index in [2.05, 4.69) is 19.7 Å². The van der Waals surface area contributed by atoms with Crippen LogP contribution in [-0.2, 0) is 19.4 Å². The predicted molar refractivity (Wildman–Crippen MR) is 178 cm³/mol. The Kier molecular flexibility index (Phi) is 8.39. The van der Waals surface area contributed by atoms with Crippen molar-refractivity contribution >= 4 is 39.1 Å². The molecule has 1 saturated heterocycles. The maximum absolute atomic E-state index is 13.9. The molecule has 2 aliphatic rings. The SMILES string of the molecule is Cc1cc(-c2cc(Cl)ccc2OCCn2c(C)nc3c(c2=O)C[C@@H](N2CCC(n4cccn4)CC2)CC3)c2scc(C(=O)O)c2n1. The van der Waals surface area contributed by atoms with Crippen LogP contribution in [0.3, 0.4) is 0 Å². The number of hydrogen-bond donors (Lipinski definition) is 1. The lowest BCUT2D eigenvalue weighted by Crippen LogP contribution is -2.46. The van der Waals surface area contributed by atoms with Crippen LogP contribution < -0.4 is 10.3 Å². The van der Waals surface area contributed by atoms with Crippen molar-refractivity contribution in [2.24, 2.45) is 0 Å². The number of benzene rings is 1. The van der Waals surface area contributed by atoms with Gasteiger partial charge in [0, 0.05) is 64.3 Å². The monoisotopic (exact) mass is 658 g/mol. The number of carbonyl (C=O) groups is 1. The van der Waals surface area contributed by atoms with Gasteiger partial charge in [-0.05, 0) is 76.3 Å². The number of carboxylic acid groups (broad SMARTS) is 1. The van der Waals surface area contributed by atoms with E-state index in [-0.39, 0.29) is 17.7 Å². The first kappa shape index (κ1) is 30.6. The molecule has 1 fully saturated rings. The standard InChI is InChI=1S/C34H35ClN6O4S/c1-20-16-26(32-31(37-20)28(19-46-32)34(43)44)25-17-22(35)4-7-30(25)45-15-14-40-21(2)38-29-6-5-24(18-27(29)33(40)42)39-12-8-23(9-13-39)41-11-3-10-36-41/h3-4,7,10-11,16-17,19,23-24H,5-6,8-9,12-15,18H2,1-2H3,(H,43,44)/t24-/m0/s1. The van der Waals surface area contributed by atoms with E-state index in [1.807, 2.05) is 50.5 Å². The minimum Gasteiger partial charge on any atom is -0.491 e. The zero-order valence-electron chi connectivity index (χ0n) is 25.8. The first-order chi connectivity index (χ1) is 22.3. The molecular formula is C34H35ClN6O4S. The molecule has 0 unspecified atom stereocenters. The van der Waals surface area contributed by atoms with Gasteiger partial charge in [0.05, 0.1) is 34.1 Å². The lowest BCUT2D eigenvalue weighted by Gasteiger charge is -2.39. The van der Waals surface area contributed by atoms with Crippen LogP contribution in [0.5, 0.6) is 5.75 Å². The van der Waals surface area contributed by atoms with Gasteiger partial charge in [-0.1, -0.05) is 11.6 Å². The van der Waals surface area contributed by atoms with Gasteiger partial charge in [-0.3, -0.25) is 23.9 Å². The fraction of sp³-hybridized carbons (Fsp3) is 0.382. The Labute approximate surface area is 275 Å². The molecule has 0 saturated carbocycles. The van der Waals surface area contributed by atoms with E-state index >= 15 is 0 Å². The van der Waals surface area contributed by atoms with E-state index in [4.69, 9.17) is 21.3 Å². The van der Waals surface area contributed by atoms with Crippen molar-refractivity contribution < 1.29 is 14.6 Å². The fourth-order valence-corrected chi connectivity index (χ4v) is 8.15. The van der Waals surface area contributed by atoms with Gasteiger partial charge in [0.25, 0.3) is 5.56 Å². The lowest BCUT2D eigenvalue weighted by atomic mass is 9.89. The normalized spacial score (nSPS) is 17.3. The second-order valence-corrected chi connectivity index (χ2v) is 13.4. The second-order valence-electron chi connectivity index (χ2n) is 12.1. The van der Waals surface area contributed by atoms with Crippen molar-refractivity contribution in [3.05, 3.63) is 91.8 Å². The number of aromatic nitrogens is 5. The number of rotatable bonds is 8. The number of aryl methyl sites for hydroxylation is 3. The second kappa shape index (κ2) is 12.6. The number of aromatic carboxylic acids is 1. The summed E-state index contributed by atoms with van der Waals surface area (Å²) in [5.74, 6) is 0.267. The van der Waals surface area contributed by atoms with Gasteiger partial charge in [-0.15, -0.1) is 11.3 Å². The number of hydrogen-bond acceptors (Lipinski definition) is 8. The van der Waals surface area contributed by atoms with Crippen LogP contribution in [0.15, 0.2) is 52.9 Å². The number of likely N-dealkylation sites (tertiary alicyclic amines) is 1. The van der Waals surface area contributed by atoms with Gasteiger partial charge in [-0.25, -0.2) is 9.78 Å². The third kappa shape index (κ3) is 5.83. The Morgan fingerprint density at radius 3 is 2.70 bits per heavy atom. The summed E-state index contributed by atoms with van der Waals surface area (Å²) in [7, 11) is 0. The molecule has 12 heteroatoms. The van der Waals surface area contributed by atoms with Crippen LogP contribution in [0.1, 0.15) is 58.4 Å². The fourth-order valence-electron chi connectivity index (χ4n) is 6.97. The van der Waals surface area contributed by atoms with Crippen molar-refractivity contribution in [3.8, 4) is 16.9 Å². The first-order valence-corrected chi connectivity index (χ1v) is 16.9. The average molecular weight is 659 g/mol. The molecule has 238 valence electrons. The maximum Gasteiger partial charge on any atom is 0.338 e. The number of ether oxygens (including phenoxy) is 1. The molecule has 5 aromatic rings. The zero-order chi connectivity index (χ0) is 31.9. The molecule has 0 spiro atoms. The van der Waals surface area contributed by atoms with Crippen molar-refractivity contribution in [2.75, 3.05) is 19.7 Å². The molecule has 5 heterocycles. The van der Waals surface area contributed by atoms with Crippen molar-refractivity contribution in [2.45, 2.75) is 64.6 Å². The van der Waals surface area contributed by atoms with Gasteiger partial charge in [0.1, 0.15) is 18.2 Å². The molecule has 0 amide bonds. The zero-order valence-corrected chi connectivity index (χ0v) is 27.4. The molecular weight excluding hydrogens is 624 g/mol. The molecule has 1 aliphatic carbocycles. The van der Waals surface area contributed by atoms with Crippen LogP contribution in [0.4, 0.5) is 0 Å². The minimum atomic E-state index is -1.02. The van der Waals surface area contributed by atoms with Gasteiger partial charge in [0.15, 0.2) is 0 Å².